The molecular weight excluding hydrogens is 460 g/mol. The molecule has 0 atom stereocenters. The summed E-state index contributed by atoms with van der Waals surface area (Å²) in [7, 11) is 3.99. The minimum Gasteiger partial charge on any atom is -0.447 e. The number of hydrogen-bond acceptors (Lipinski definition) is 7. The summed E-state index contributed by atoms with van der Waals surface area (Å²) in [4.78, 5) is 21.6. The van der Waals surface area contributed by atoms with Crippen LogP contribution in [-0.2, 0) is 12.3 Å². The Labute approximate surface area is 210 Å². The lowest BCUT2D eigenvalue weighted by molar-refractivity contribution is 0.0726. The SMILES string of the molecule is Cc1ccc(-n2c(C)nnc2SCc2nc(C(=O)N(CCN(C)C)Cc3ccccc3)co2)cc1. The molecule has 0 aliphatic carbocycles. The predicted molar refractivity (Wildman–Crippen MR) is 137 cm³/mol. The zero-order valence-electron chi connectivity index (χ0n) is 20.5. The third-order valence-electron chi connectivity index (χ3n) is 5.50. The number of hydrogen-bond donors (Lipinski definition) is 0. The van der Waals surface area contributed by atoms with Crippen molar-refractivity contribution in [3.8, 4) is 5.69 Å². The second-order valence-corrected chi connectivity index (χ2v) is 9.57. The lowest BCUT2D eigenvalue weighted by atomic mass is 10.2. The molecule has 0 bridgehead atoms. The molecule has 182 valence electrons. The molecule has 0 aliphatic heterocycles. The summed E-state index contributed by atoms with van der Waals surface area (Å²) >= 11 is 1.47. The summed E-state index contributed by atoms with van der Waals surface area (Å²) in [6.45, 7) is 5.85. The largest absolute Gasteiger partial charge is 0.447 e. The number of oxazole rings is 1. The maximum Gasteiger partial charge on any atom is 0.276 e. The third kappa shape index (κ3) is 6.37. The van der Waals surface area contributed by atoms with Crippen LogP contribution in [0.3, 0.4) is 0 Å². The molecule has 4 rings (SSSR count). The molecule has 35 heavy (non-hydrogen) atoms. The Hall–Kier alpha value is -3.43. The Bertz CT molecular complexity index is 1250. The van der Waals surface area contributed by atoms with Gasteiger partial charge in [-0.1, -0.05) is 59.8 Å². The van der Waals surface area contributed by atoms with Gasteiger partial charge in [0.1, 0.15) is 12.1 Å². The zero-order chi connectivity index (χ0) is 24.8. The van der Waals surface area contributed by atoms with Gasteiger partial charge in [0.05, 0.1) is 5.75 Å². The first-order valence-electron chi connectivity index (χ1n) is 11.4. The van der Waals surface area contributed by atoms with E-state index < -0.39 is 0 Å². The van der Waals surface area contributed by atoms with Crippen molar-refractivity contribution in [2.24, 2.45) is 0 Å². The van der Waals surface area contributed by atoms with E-state index in [9.17, 15) is 4.79 Å². The van der Waals surface area contributed by atoms with Crippen LogP contribution in [0, 0.1) is 13.8 Å². The first-order chi connectivity index (χ1) is 16.9. The van der Waals surface area contributed by atoms with E-state index in [1.54, 1.807) is 0 Å². The standard InChI is InChI=1S/C26H30N6O2S/c1-19-10-12-22(13-11-19)32-20(2)28-29-26(32)35-18-24-27-23(17-34-24)25(33)31(15-14-30(3)4)16-21-8-6-5-7-9-21/h5-13,17H,14-16,18H2,1-4H3. The van der Waals surface area contributed by atoms with Crippen molar-refractivity contribution in [2.75, 3.05) is 27.2 Å². The summed E-state index contributed by atoms with van der Waals surface area (Å²) in [6, 6.07) is 18.2. The van der Waals surface area contributed by atoms with E-state index in [1.807, 2.05) is 73.0 Å². The molecule has 2 aromatic carbocycles. The van der Waals surface area contributed by atoms with Gasteiger partial charge in [-0.05, 0) is 45.6 Å². The lowest BCUT2D eigenvalue weighted by Crippen LogP contribution is -2.36. The molecule has 0 saturated carbocycles. The van der Waals surface area contributed by atoms with Crippen molar-refractivity contribution < 1.29 is 9.21 Å². The molecule has 9 heteroatoms. The normalized spacial score (nSPS) is 11.2. The van der Waals surface area contributed by atoms with Crippen LogP contribution in [0.2, 0.25) is 0 Å². The van der Waals surface area contributed by atoms with Gasteiger partial charge in [0.15, 0.2) is 10.9 Å². The number of thioether (sulfide) groups is 1. The second-order valence-electron chi connectivity index (χ2n) is 8.63. The molecule has 0 N–H and O–H groups in total. The van der Waals surface area contributed by atoms with Crippen LogP contribution in [0.5, 0.6) is 0 Å². The third-order valence-corrected chi connectivity index (χ3v) is 6.42. The van der Waals surface area contributed by atoms with Gasteiger partial charge in [-0.15, -0.1) is 10.2 Å². The fourth-order valence-corrected chi connectivity index (χ4v) is 4.42. The second kappa shape index (κ2) is 11.3. The average molecular weight is 491 g/mol. The van der Waals surface area contributed by atoms with Gasteiger partial charge in [0.25, 0.3) is 5.91 Å². The van der Waals surface area contributed by atoms with Crippen LogP contribution in [0.4, 0.5) is 0 Å². The molecule has 1 amide bonds. The minimum absolute atomic E-state index is 0.144. The maximum absolute atomic E-state index is 13.3. The predicted octanol–water partition coefficient (Wildman–Crippen LogP) is 4.37. The molecule has 0 unspecified atom stereocenters. The number of aromatic nitrogens is 4. The minimum atomic E-state index is -0.144. The van der Waals surface area contributed by atoms with Gasteiger partial charge in [0, 0.05) is 25.3 Å². The van der Waals surface area contributed by atoms with Gasteiger partial charge >= 0.3 is 0 Å². The van der Waals surface area contributed by atoms with E-state index in [-0.39, 0.29) is 5.91 Å². The van der Waals surface area contributed by atoms with E-state index in [0.29, 0.717) is 30.4 Å². The molecular formula is C26H30N6O2S. The van der Waals surface area contributed by atoms with Crippen LogP contribution in [0.1, 0.15) is 33.3 Å². The Morgan fingerprint density at radius 3 is 2.46 bits per heavy atom. The maximum atomic E-state index is 13.3. The number of nitrogens with zero attached hydrogens (tertiary/aromatic N) is 6. The summed E-state index contributed by atoms with van der Waals surface area (Å²) in [5, 5.41) is 9.29. The van der Waals surface area contributed by atoms with Gasteiger partial charge in [-0.2, -0.15) is 0 Å². The average Bonchev–Trinajstić information content (AvgIpc) is 3.47. The summed E-state index contributed by atoms with van der Waals surface area (Å²) in [5.41, 5.74) is 3.58. The first kappa shape index (κ1) is 24.7. The number of amides is 1. The molecule has 0 spiro atoms. The van der Waals surface area contributed by atoms with Crippen LogP contribution in [0.15, 0.2) is 70.4 Å². The quantitative estimate of drug-likeness (QED) is 0.305. The van der Waals surface area contributed by atoms with Crippen LogP contribution in [-0.4, -0.2) is 62.6 Å². The zero-order valence-corrected chi connectivity index (χ0v) is 21.3. The van der Waals surface area contributed by atoms with Crippen molar-refractivity contribution >= 4 is 17.7 Å². The van der Waals surface area contributed by atoms with Crippen LogP contribution >= 0.6 is 11.8 Å². The molecule has 4 aromatic rings. The molecule has 0 saturated heterocycles. The topological polar surface area (TPSA) is 80.3 Å². The molecule has 2 aromatic heterocycles. The van der Waals surface area contributed by atoms with Crippen LogP contribution in [0.25, 0.3) is 5.69 Å². The summed E-state index contributed by atoms with van der Waals surface area (Å²) < 4.78 is 7.66. The monoisotopic (exact) mass is 490 g/mol. The first-order valence-corrected chi connectivity index (χ1v) is 12.4. The highest BCUT2D eigenvalue weighted by molar-refractivity contribution is 7.98. The Morgan fingerprint density at radius 1 is 1.00 bits per heavy atom. The van der Waals surface area contributed by atoms with E-state index in [4.69, 9.17) is 4.42 Å². The smallest absolute Gasteiger partial charge is 0.276 e. The number of aryl methyl sites for hydroxylation is 2. The van der Waals surface area contributed by atoms with Gasteiger partial charge in [0.2, 0.25) is 5.89 Å². The van der Waals surface area contributed by atoms with Crippen molar-refractivity contribution in [1.29, 1.82) is 0 Å². The number of carbonyl (C=O) groups excluding carboxylic acids is 1. The van der Waals surface area contributed by atoms with Crippen molar-refractivity contribution in [2.45, 2.75) is 31.3 Å². The highest BCUT2D eigenvalue weighted by atomic mass is 32.2. The number of benzene rings is 2. The van der Waals surface area contributed by atoms with Gasteiger partial charge in [-0.25, -0.2) is 4.98 Å². The molecule has 0 radical (unpaired) electrons. The Balaban J connectivity index is 1.45. The molecule has 8 nitrogen and oxygen atoms in total. The number of carbonyl (C=O) groups is 1. The Morgan fingerprint density at radius 2 is 1.74 bits per heavy atom. The van der Waals surface area contributed by atoms with E-state index in [2.05, 4.69) is 39.1 Å². The lowest BCUT2D eigenvalue weighted by Gasteiger charge is -2.23. The van der Waals surface area contributed by atoms with Crippen LogP contribution < -0.4 is 0 Å². The summed E-state index contributed by atoms with van der Waals surface area (Å²) in [6.07, 6.45) is 1.45. The fraction of sp³-hybridized carbons (Fsp3) is 0.308. The van der Waals surface area contributed by atoms with Gasteiger partial charge in [-0.3, -0.25) is 9.36 Å². The Kier molecular flexibility index (Phi) is 7.99. The molecule has 0 aliphatic rings. The number of likely N-dealkylation sites (N-methyl/N-ethyl adjacent to an activating group) is 1. The van der Waals surface area contributed by atoms with E-state index >= 15 is 0 Å². The van der Waals surface area contributed by atoms with Crippen molar-refractivity contribution in [3.63, 3.8) is 0 Å². The number of rotatable bonds is 10. The highest BCUT2D eigenvalue weighted by Crippen LogP contribution is 2.25. The van der Waals surface area contributed by atoms with Gasteiger partial charge < -0.3 is 14.2 Å². The fourth-order valence-electron chi connectivity index (χ4n) is 3.57. The molecule has 2 heterocycles. The van der Waals surface area contributed by atoms with E-state index in [1.165, 1.54) is 23.6 Å². The van der Waals surface area contributed by atoms with Crippen molar-refractivity contribution in [3.05, 3.63) is 89.4 Å². The highest BCUT2D eigenvalue weighted by Gasteiger charge is 2.21. The van der Waals surface area contributed by atoms with Crippen molar-refractivity contribution in [1.82, 2.24) is 29.5 Å². The summed E-state index contributed by atoms with van der Waals surface area (Å²) in [5.74, 6) is 1.57. The van der Waals surface area contributed by atoms with E-state index in [0.717, 1.165) is 28.8 Å². The molecule has 0 fully saturated rings.